The first-order valence-electron chi connectivity index (χ1n) is 17.7. The van der Waals surface area contributed by atoms with Crippen LogP contribution in [0.25, 0.3) is 0 Å². The zero-order valence-corrected chi connectivity index (χ0v) is 29.2. The smallest absolute Gasteiger partial charge is 0.303 e. The second-order valence-electron chi connectivity index (χ2n) is 17.9. The van der Waals surface area contributed by atoms with E-state index >= 15 is 0 Å². The van der Waals surface area contributed by atoms with Crippen LogP contribution in [0.5, 0.6) is 0 Å². The third-order valence-electron chi connectivity index (χ3n) is 14.7. The molecule has 7 rings (SSSR count). The summed E-state index contributed by atoms with van der Waals surface area (Å²) in [7, 11) is 0. The van der Waals surface area contributed by atoms with Crippen molar-refractivity contribution in [2.75, 3.05) is 6.61 Å². The fourth-order valence-electron chi connectivity index (χ4n) is 12.3. The van der Waals surface area contributed by atoms with Crippen molar-refractivity contribution in [1.29, 1.82) is 0 Å². The average Bonchev–Trinajstić information content (AvgIpc) is 3.81. The van der Waals surface area contributed by atoms with Crippen LogP contribution in [0.1, 0.15) is 100 Å². The first-order chi connectivity index (χ1) is 21.8. The Balaban J connectivity index is 1.13. The molecule has 47 heavy (non-hydrogen) atoms. The SMILES string of the molecule is CC(=O)OC1C(O)COC(OC2CCC34CC35C(=CCC4C2(C)C)C2(C)CC(=O)C(C(C)CC(=O)C3OC3(C)C)C2(C)CC5O)C1O. The molecule has 10 heteroatoms. The maximum absolute atomic E-state index is 14.0. The molecule has 2 aliphatic heterocycles. The molecule has 2 spiro atoms. The van der Waals surface area contributed by atoms with E-state index in [2.05, 4.69) is 33.8 Å². The number of hydrogen-bond acceptors (Lipinski definition) is 10. The largest absolute Gasteiger partial charge is 0.457 e. The van der Waals surface area contributed by atoms with Crippen molar-refractivity contribution < 1.29 is 48.7 Å². The van der Waals surface area contributed by atoms with Crippen LogP contribution in [0, 0.1) is 44.8 Å². The number of carbonyl (C=O) groups is 3. The molecule has 262 valence electrons. The molecule has 14 unspecified atom stereocenters. The molecule has 0 aromatic rings. The zero-order valence-electron chi connectivity index (χ0n) is 29.2. The maximum Gasteiger partial charge on any atom is 0.303 e. The highest BCUT2D eigenvalue weighted by Gasteiger charge is 2.84. The lowest BCUT2D eigenvalue weighted by atomic mass is 9.44. The van der Waals surface area contributed by atoms with E-state index in [-0.39, 0.29) is 52.9 Å². The molecule has 5 aliphatic carbocycles. The maximum atomic E-state index is 14.0. The van der Waals surface area contributed by atoms with E-state index in [0.717, 1.165) is 19.3 Å². The van der Waals surface area contributed by atoms with Crippen molar-refractivity contribution in [3.63, 3.8) is 0 Å². The third kappa shape index (κ3) is 4.46. The molecule has 10 nitrogen and oxygen atoms in total. The van der Waals surface area contributed by atoms with Crippen molar-refractivity contribution >= 4 is 17.5 Å². The summed E-state index contributed by atoms with van der Waals surface area (Å²) in [6.45, 7) is 15.8. The molecule has 0 radical (unpaired) electrons. The highest BCUT2D eigenvalue weighted by atomic mass is 16.7. The van der Waals surface area contributed by atoms with E-state index in [4.69, 9.17) is 18.9 Å². The lowest BCUT2D eigenvalue weighted by Gasteiger charge is -2.61. The Morgan fingerprint density at radius 1 is 1.11 bits per heavy atom. The van der Waals surface area contributed by atoms with Gasteiger partial charge in [-0.15, -0.1) is 0 Å². The van der Waals surface area contributed by atoms with Gasteiger partial charge in [-0.05, 0) is 74.0 Å². The number of Topliss-reactive ketones (excluding diaryl/α,β-unsaturated/α-hetero) is 2. The quantitative estimate of drug-likeness (QED) is 0.210. The predicted octanol–water partition coefficient (Wildman–Crippen LogP) is 3.66. The van der Waals surface area contributed by atoms with Crippen molar-refractivity contribution in [1.82, 2.24) is 0 Å². The van der Waals surface area contributed by atoms with E-state index in [1.54, 1.807) is 0 Å². The molecule has 14 atom stereocenters. The van der Waals surface area contributed by atoms with E-state index in [9.17, 15) is 29.7 Å². The van der Waals surface area contributed by atoms with Crippen LogP contribution in [0.3, 0.4) is 0 Å². The van der Waals surface area contributed by atoms with Crippen molar-refractivity contribution in [3.8, 4) is 0 Å². The Labute approximate surface area is 277 Å². The van der Waals surface area contributed by atoms with Gasteiger partial charge in [0.1, 0.15) is 24.1 Å². The summed E-state index contributed by atoms with van der Waals surface area (Å²) in [5.74, 6) is -0.583. The van der Waals surface area contributed by atoms with E-state index in [0.29, 0.717) is 25.7 Å². The normalized spacial score (nSPS) is 51.0. The molecule has 7 aliphatic rings. The Hall–Kier alpha value is -1.69. The summed E-state index contributed by atoms with van der Waals surface area (Å²) in [5.41, 5.74) is -0.904. The average molecular weight is 659 g/mol. The number of ether oxygens (including phenoxy) is 4. The minimum Gasteiger partial charge on any atom is -0.457 e. The molecule has 0 bridgehead atoms. The molecule has 0 aromatic carbocycles. The summed E-state index contributed by atoms with van der Waals surface area (Å²) >= 11 is 0. The van der Waals surface area contributed by atoms with Gasteiger partial charge >= 0.3 is 5.97 Å². The Bertz CT molecular complexity index is 1400. The van der Waals surface area contributed by atoms with Crippen molar-refractivity contribution in [2.45, 2.75) is 149 Å². The Morgan fingerprint density at radius 3 is 2.43 bits per heavy atom. The number of fused-ring (bicyclic) bond motifs is 2. The van der Waals surface area contributed by atoms with Gasteiger partial charge in [0.05, 0.1) is 24.4 Å². The number of allylic oxidation sites excluding steroid dienone is 1. The summed E-state index contributed by atoms with van der Waals surface area (Å²) < 4.78 is 23.0. The molecule has 0 amide bonds. The standard InChI is InChI=1S/C37H54O10/c1-18(13-20(39)30-33(5,6)47-30)27-21(40)14-34(7)24-10-9-23-32(3,4)26(46-31-28(43)29(45-19(2)38)22(41)16-44-31)11-12-36(23)17-37(24,36)25(42)15-35(27,34)8/h10,18,22-23,25-31,41-43H,9,11-17H2,1-8H3. The van der Waals surface area contributed by atoms with Gasteiger partial charge in [0.25, 0.3) is 0 Å². The molecule has 2 saturated heterocycles. The molecule has 6 fully saturated rings. The summed E-state index contributed by atoms with van der Waals surface area (Å²) in [5, 5.41) is 33.5. The monoisotopic (exact) mass is 658 g/mol. The lowest BCUT2D eigenvalue weighted by Crippen LogP contribution is -2.60. The molecular formula is C37H54O10. The van der Waals surface area contributed by atoms with E-state index < -0.39 is 64.6 Å². The zero-order chi connectivity index (χ0) is 34.3. The highest BCUT2D eigenvalue weighted by Crippen LogP contribution is 2.87. The van der Waals surface area contributed by atoms with Gasteiger partial charge in [-0.1, -0.05) is 46.3 Å². The number of aliphatic hydroxyl groups excluding tert-OH is 3. The number of aliphatic hydroxyl groups is 3. The Kier molecular flexibility index (Phi) is 7.49. The molecule has 4 saturated carbocycles. The highest BCUT2D eigenvalue weighted by molar-refractivity contribution is 5.90. The van der Waals surface area contributed by atoms with Gasteiger partial charge in [0.15, 0.2) is 18.2 Å². The number of ketones is 2. The van der Waals surface area contributed by atoms with Gasteiger partial charge in [0, 0.05) is 36.5 Å². The van der Waals surface area contributed by atoms with Gasteiger partial charge in [0.2, 0.25) is 0 Å². The lowest BCUT2D eigenvalue weighted by molar-refractivity contribution is -0.302. The molecule has 0 aromatic heterocycles. The molecular weight excluding hydrogens is 604 g/mol. The van der Waals surface area contributed by atoms with Crippen LogP contribution in [0.4, 0.5) is 0 Å². The van der Waals surface area contributed by atoms with Gasteiger partial charge < -0.3 is 34.3 Å². The van der Waals surface area contributed by atoms with Crippen molar-refractivity contribution in [3.05, 3.63) is 11.6 Å². The summed E-state index contributed by atoms with van der Waals surface area (Å²) in [6, 6.07) is 0. The summed E-state index contributed by atoms with van der Waals surface area (Å²) in [4.78, 5) is 38.7. The van der Waals surface area contributed by atoms with Gasteiger partial charge in [-0.3, -0.25) is 14.4 Å². The van der Waals surface area contributed by atoms with Crippen LogP contribution in [-0.2, 0) is 33.3 Å². The minimum atomic E-state index is -1.33. The number of hydrogen-bond donors (Lipinski definition) is 3. The first kappa shape index (κ1) is 33.8. The van der Waals surface area contributed by atoms with Crippen LogP contribution in [0.15, 0.2) is 11.6 Å². The fourth-order valence-corrected chi connectivity index (χ4v) is 12.3. The Morgan fingerprint density at radius 2 is 1.79 bits per heavy atom. The number of esters is 1. The number of epoxide rings is 1. The summed E-state index contributed by atoms with van der Waals surface area (Å²) in [6.07, 6.45) is 0.905. The second-order valence-corrected chi connectivity index (χ2v) is 17.9. The van der Waals surface area contributed by atoms with Gasteiger partial charge in [-0.25, -0.2) is 0 Å². The van der Waals surface area contributed by atoms with Crippen molar-refractivity contribution in [2.24, 2.45) is 44.8 Å². The number of carbonyl (C=O) groups excluding carboxylic acids is 3. The molecule has 3 N–H and O–H groups in total. The molecule has 2 heterocycles. The van der Waals surface area contributed by atoms with E-state index in [1.807, 2.05) is 20.8 Å². The first-order valence-corrected chi connectivity index (χ1v) is 17.7. The second kappa shape index (κ2) is 10.4. The van der Waals surface area contributed by atoms with Crippen LogP contribution < -0.4 is 0 Å². The van der Waals surface area contributed by atoms with E-state index in [1.165, 1.54) is 12.5 Å². The van der Waals surface area contributed by atoms with Crippen LogP contribution >= 0.6 is 0 Å². The predicted molar refractivity (Wildman–Crippen MR) is 169 cm³/mol. The third-order valence-corrected chi connectivity index (χ3v) is 14.7. The fraction of sp³-hybridized carbons (Fsp3) is 0.865. The van der Waals surface area contributed by atoms with Crippen LogP contribution in [-0.4, -0.2) is 88.0 Å². The topological polar surface area (TPSA) is 152 Å². The van der Waals surface area contributed by atoms with Crippen LogP contribution in [0.2, 0.25) is 0 Å². The number of rotatable bonds is 7. The minimum absolute atomic E-state index is 0.0617. The van der Waals surface area contributed by atoms with Gasteiger partial charge in [-0.2, -0.15) is 0 Å².